The minimum absolute atomic E-state index is 0.239. The summed E-state index contributed by atoms with van der Waals surface area (Å²) >= 11 is 0. The Morgan fingerprint density at radius 2 is 1.85 bits per heavy atom. The number of anilines is 2. The van der Waals surface area contributed by atoms with E-state index >= 15 is 0 Å². The summed E-state index contributed by atoms with van der Waals surface area (Å²) in [4.78, 5) is 1.33. The Morgan fingerprint density at radius 3 is 2.54 bits per heavy atom. The van der Waals surface area contributed by atoms with Gasteiger partial charge in [0.15, 0.2) is 0 Å². The molecule has 2 aromatic carbocycles. The van der Waals surface area contributed by atoms with E-state index in [1.807, 2.05) is 0 Å². The Hall–Kier alpha value is -2.39. The van der Waals surface area contributed by atoms with E-state index in [0.717, 1.165) is 44.0 Å². The predicted octanol–water partition coefficient (Wildman–Crippen LogP) is 2.18. The van der Waals surface area contributed by atoms with Gasteiger partial charge in [-0.3, -0.25) is 4.72 Å². The third-order valence-electron chi connectivity index (χ3n) is 4.07. The zero-order chi connectivity index (χ0) is 18.7. The normalized spacial score (nSPS) is 15.0. The van der Waals surface area contributed by atoms with Gasteiger partial charge >= 0.3 is 0 Å². The van der Waals surface area contributed by atoms with Crippen molar-refractivity contribution in [2.75, 3.05) is 42.9 Å². The molecule has 1 aliphatic rings. The van der Waals surface area contributed by atoms with Gasteiger partial charge in [-0.05, 0) is 36.4 Å². The number of sulfonamides is 1. The molecule has 3 rings (SSSR count). The highest BCUT2D eigenvalue weighted by atomic mass is 32.2. The lowest BCUT2D eigenvalue weighted by molar-refractivity contribution is 0.413. The van der Waals surface area contributed by atoms with Crippen molar-refractivity contribution in [1.29, 1.82) is 0 Å². The lowest BCUT2D eigenvalue weighted by Gasteiger charge is -2.31. The van der Waals surface area contributed by atoms with Crippen LogP contribution in [0.1, 0.15) is 0 Å². The molecule has 1 aliphatic heterocycles. The van der Waals surface area contributed by atoms with Crippen LogP contribution in [0.4, 0.5) is 20.2 Å². The molecule has 1 saturated heterocycles. The van der Waals surface area contributed by atoms with E-state index in [0.29, 0.717) is 11.8 Å². The summed E-state index contributed by atoms with van der Waals surface area (Å²) in [6.45, 7) is 3.08. The van der Waals surface area contributed by atoms with E-state index in [-0.39, 0.29) is 5.69 Å². The van der Waals surface area contributed by atoms with Crippen LogP contribution in [0.2, 0.25) is 0 Å². The lowest BCUT2D eigenvalue weighted by Crippen LogP contribution is -2.43. The first-order valence-corrected chi connectivity index (χ1v) is 9.50. The number of nitrogens with one attached hydrogen (secondary N) is 2. The molecule has 26 heavy (non-hydrogen) atoms. The number of hydrogen-bond acceptors (Lipinski definition) is 5. The van der Waals surface area contributed by atoms with Crippen LogP contribution in [0.3, 0.4) is 0 Å². The number of nitrogens with zero attached hydrogens (tertiary/aromatic N) is 1. The molecular formula is C17H19F2N3O3S. The van der Waals surface area contributed by atoms with Gasteiger partial charge in [0.2, 0.25) is 0 Å². The zero-order valence-corrected chi connectivity index (χ0v) is 14.9. The summed E-state index contributed by atoms with van der Waals surface area (Å²) < 4.78 is 59.7. The Balaban J connectivity index is 1.93. The highest BCUT2D eigenvalue weighted by molar-refractivity contribution is 7.92. The van der Waals surface area contributed by atoms with E-state index in [2.05, 4.69) is 14.9 Å². The van der Waals surface area contributed by atoms with Crippen LogP contribution >= 0.6 is 0 Å². The molecule has 0 amide bonds. The minimum atomic E-state index is -4.27. The summed E-state index contributed by atoms with van der Waals surface area (Å²) in [5, 5.41) is 3.24. The van der Waals surface area contributed by atoms with Gasteiger partial charge in [-0.1, -0.05) is 0 Å². The Bertz CT molecular complexity index is 900. The average molecular weight is 383 g/mol. The van der Waals surface area contributed by atoms with Gasteiger partial charge in [0.05, 0.1) is 18.5 Å². The minimum Gasteiger partial charge on any atom is -0.495 e. The number of halogens is 2. The monoisotopic (exact) mass is 383 g/mol. The van der Waals surface area contributed by atoms with Gasteiger partial charge in [-0.2, -0.15) is 0 Å². The molecule has 0 bridgehead atoms. The van der Waals surface area contributed by atoms with Crippen molar-refractivity contribution >= 4 is 21.4 Å². The summed E-state index contributed by atoms with van der Waals surface area (Å²) in [5.74, 6) is -1.25. The topological polar surface area (TPSA) is 70.7 Å². The van der Waals surface area contributed by atoms with Crippen molar-refractivity contribution in [2.45, 2.75) is 4.90 Å². The second-order valence-electron chi connectivity index (χ2n) is 5.80. The smallest absolute Gasteiger partial charge is 0.264 e. The molecule has 0 aromatic heterocycles. The molecule has 0 aliphatic carbocycles. The van der Waals surface area contributed by atoms with Crippen LogP contribution in [-0.2, 0) is 10.0 Å². The average Bonchev–Trinajstić information content (AvgIpc) is 2.64. The first-order valence-electron chi connectivity index (χ1n) is 8.02. The van der Waals surface area contributed by atoms with Crippen LogP contribution in [-0.4, -0.2) is 41.7 Å². The first kappa shape index (κ1) is 18.4. The summed E-state index contributed by atoms with van der Waals surface area (Å²) in [5.41, 5.74) is 0.969. The van der Waals surface area contributed by atoms with Crippen molar-refractivity contribution in [3.63, 3.8) is 0 Å². The predicted molar refractivity (Wildman–Crippen MR) is 95.2 cm³/mol. The van der Waals surface area contributed by atoms with Gasteiger partial charge in [0.1, 0.15) is 22.3 Å². The Labute approximate surface area is 150 Å². The molecule has 1 heterocycles. The molecule has 0 spiro atoms. The van der Waals surface area contributed by atoms with Crippen LogP contribution in [0.5, 0.6) is 5.75 Å². The lowest BCUT2D eigenvalue weighted by atomic mass is 10.2. The van der Waals surface area contributed by atoms with E-state index in [1.54, 1.807) is 12.1 Å². The first-order chi connectivity index (χ1) is 12.4. The highest BCUT2D eigenvalue weighted by Crippen LogP contribution is 2.32. The molecule has 0 saturated carbocycles. The molecule has 0 radical (unpaired) electrons. The molecule has 140 valence electrons. The van der Waals surface area contributed by atoms with Crippen LogP contribution in [0.25, 0.3) is 0 Å². The van der Waals surface area contributed by atoms with Crippen LogP contribution < -0.4 is 19.7 Å². The summed E-state index contributed by atoms with van der Waals surface area (Å²) in [6.07, 6.45) is 0. The third-order valence-corrected chi connectivity index (χ3v) is 5.47. The van der Waals surface area contributed by atoms with Crippen molar-refractivity contribution in [1.82, 2.24) is 5.32 Å². The van der Waals surface area contributed by atoms with E-state index in [4.69, 9.17) is 4.74 Å². The maximum atomic E-state index is 13.8. The number of methoxy groups -OCH3 is 1. The largest absolute Gasteiger partial charge is 0.495 e. The molecule has 9 heteroatoms. The van der Waals surface area contributed by atoms with Gasteiger partial charge in [0, 0.05) is 26.2 Å². The van der Waals surface area contributed by atoms with Crippen molar-refractivity contribution < 1.29 is 21.9 Å². The van der Waals surface area contributed by atoms with Crippen molar-refractivity contribution in [2.24, 2.45) is 0 Å². The maximum absolute atomic E-state index is 13.8. The van der Waals surface area contributed by atoms with E-state index in [1.165, 1.54) is 13.2 Å². The standard InChI is InChI=1S/C17H19F2N3O3S/c1-25-16-5-3-13(11-15(16)22-8-6-20-7-9-22)21-26(23,24)17-10-12(18)2-4-14(17)19/h2-5,10-11,20-21H,6-9H2,1H3. The highest BCUT2D eigenvalue weighted by Gasteiger charge is 2.22. The van der Waals surface area contributed by atoms with Gasteiger partial charge in [-0.15, -0.1) is 0 Å². The van der Waals surface area contributed by atoms with E-state index in [9.17, 15) is 17.2 Å². The third kappa shape index (κ3) is 3.88. The quantitative estimate of drug-likeness (QED) is 0.828. The Morgan fingerprint density at radius 1 is 1.12 bits per heavy atom. The second kappa shape index (κ2) is 7.46. The number of hydrogen-bond donors (Lipinski definition) is 2. The maximum Gasteiger partial charge on any atom is 0.264 e. The van der Waals surface area contributed by atoms with Gasteiger partial charge in [-0.25, -0.2) is 17.2 Å². The summed E-state index contributed by atoms with van der Waals surface area (Å²) in [6, 6.07) is 7.07. The molecule has 0 unspecified atom stereocenters. The zero-order valence-electron chi connectivity index (χ0n) is 14.1. The fraction of sp³-hybridized carbons (Fsp3) is 0.294. The number of benzene rings is 2. The SMILES string of the molecule is COc1ccc(NS(=O)(=O)c2cc(F)ccc2F)cc1N1CCNCC1. The van der Waals surface area contributed by atoms with E-state index < -0.39 is 26.6 Å². The number of ether oxygens (including phenoxy) is 1. The molecule has 2 aromatic rings. The Kier molecular flexibility index (Phi) is 5.28. The molecule has 0 atom stereocenters. The molecule has 1 fully saturated rings. The van der Waals surface area contributed by atoms with Crippen molar-refractivity contribution in [3.8, 4) is 5.75 Å². The van der Waals surface area contributed by atoms with Gasteiger partial charge in [0.25, 0.3) is 10.0 Å². The fourth-order valence-corrected chi connectivity index (χ4v) is 3.94. The van der Waals surface area contributed by atoms with Gasteiger partial charge < -0.3 is 15.0 Å². The fourth-order valence-electron chi connectivity index (χ4n) is 2.80. The molecular weight excluding hydrogens is 364 g/mol. The molecule has 2 N–H and O–H groups in total. The molecule has 6 nitrogen and oxygen atoms in total. The summed E-state index contributed by atoms with van der Waals surface area (Å²) in [7, 11) is -2.74. The second-order valence-corrected chi connectivity index (χ2v) is 7.45. The number of piperazine rings is 1. The van der Waals surface area contributed by atoms with Crippen molar-refractivity contribution in [3.05, 3.63) is 48.0 Å². The van der Waals surface area contributed by atoms with Crippen LogP contribution in [0, 0.1) is 11.6 Å². The van der Waals surface area contributed by atoms with Crippen LogP contribution in [0.15, 0.2) is 41.3 Å². The number of rotatable bonds is 5.